The third-order valence-electron chi connectivity index (χ3n) is 8.33. The maximum atomic E-state index is 16.6. The van der Waals surface area contributed by atoms with Gasteiger partial charge in [0.1, 0.15) is 17.2 Å². The Labute approximate surface area is 252 Å². The Balaban J connectivity index is 1.39. The summed E-state index contributed by atoms with van der Waals surface area (Å²) in [4.78, 5) is 14.5. The number of nitrogens with two attached hydrogens (primary N) is 1. The van der Waals surface area contributed by atoms with E-state index in [0.29, 0.717) is 13.1 Å². The molecule has 0 spiro atoms. The van der Waals surface area contributed by atoms with Crippen LogP contribution in [0, 0.1) is 17.6 Å². The van der Waals surface area contributed by atoms with E-state index in [1.807, 2.05) is 4.90 Å². The van der Waals surface area contributed by atoms with Crippen LogP contribution in [0.5, 0.6) is 6.01 Å². The van der Waals surface area contributed by atoms with Crippen LogP contribution in [0.2, 0.25) is 0 Å². The molecule has 0 aliphatic carbocycles. The number of rotatable bonds is 6. The van der Waals surface area contributed by atoms with Crippen LogP contribution in [0.25, 0.3) is 32.2 Å². The second kappa shape index (κ2) is 10.3. The largest absolute Gasteiger partial charge is 0.463 e. The van der Waals surface area contributed by atoms with Crippen molar-refractivity contribution < 1.29 is 35.1 Å². The summed E-state index contributed by atoms with van der Waals surface area (Å²) in [5, 5.41) is 3.23. The number of nitrogens with zero attached hydrogens (tertiary/aromatic N) is 5. The highest BCUT2D eigenvalue weighted by molar-refractivity contribution is 7.88. The number of halogens is 5. The molecular weight excluding hydrogens is 629 g/mol. The van der Waals surface area contributed by atoms with E-state index in [2.05, 4.69) is 20.3 Å². The van der Waals surface area contributed by atoms with E-state index in [-0.39, 0.29) is 75.8 Å². The molecule has 0 saturated carbocycles. The molecule has 3 aliphatic heterocycles. The number of hydrogen-bond acceptors (Lipinski definition) is 10. The van der Waals surface area contributed by atoms with Crippen LogP contribution in [-0.4, -0.2) is 78.8 Å². The molecule has 2 unspecified atom stereocenters. The molecule has 234 valence electrons. The fourth-order valence-corrected chi connectivity index (χ4v) is 7.97. The molecule has 2 aromatic heterocycles. The van der Waals surface area contributed by atoms with Gasteiger partial charge in [0.25, 0.3) is 0 Å². The third-order valence-corrected chi connectivity index (χ3v) is 10.5. The van der Waals surface area contributed by atoms with Crippen molar-refractivity contribution in [3.63, 3.8) is 0 Å². The lowest BCUT2D eigenvalue weighted by Crippen LogP contribution is -2.51. The highest BCUT2D eigenvalue weighted by atomic mass is 32.2. The standard InChI is InChI=1S/C27H26F5N7O3S2/c1-44(40,41)39-7-12(8-39)11-42-26-36-21-16(24(37-26)38-9-13-2-3-14(10-38)34-13)6-17(27(30,31)32)19(20(21)29)15-4-5-18(28)23-22(15)35-25(33)43-23/h4-6,12-14,34H,2-3,7-11H2,1H3,(H2,33,35). The van der Waals surface area contributed by atoms with Gasteiger partial charge in [-0.15, -0.1) is 0 Å². The minimum Gasteiger partial charge on any atom is -0.463 e. The highest BCUT2D eigenvalue weighted by Crippen LogP contribution is 2.46. The van der Waals surface area contributed by atoms with E-state index < -0.39 is 44.5 Å². The van der Waals surface area contributed by atoms with Gasteiger partial charge in [0.2, 0.25) is 10.0 Å². The molecule has 4 aromatic rings. The van der Waals surface area contributed by atoms with E-state index in [1.165, 1.54) is 4.31 Å². The van der Waals surface area contributed by atoms with E-state index in [1.54, 1.807) is 0 Å². The normalized spacial score (nSPS) is 21.4. The number of anilines is 2. The summed E-state index contributed by atoms with van der Waals surface area (Å²) in [5.41, 5.74) is 2.77. The number of alkyl halides is 3. The van der Waals surface area contributed by atoms with Crippen LogP contribution < -0.4 is 20.7 Å². The molecule has 5 heterocycles. The van der Waals surface area contributed by atoms with Gasteiger partial charge in [-0.3, -0.25) is 0 Å². The number of hydrogen-bond donors (Lipinski definition) is 2. The van der Waals surface area contributed by atoms with Crippen molar-refractivity contribution in [3.8, 4) is 17.1 Å². The molecule has 3 saturated heterocycles. The van der Waals surface area contributed by atoms with Crippen molar-refractivity contribution in [1.82, 2.24) is 24.6 Å². The van der Waals surface area contributed by atoms with E-state index in [9.17, 15) is 26.0 Å². The lowest BCUT2D eigenvalue weighted by atomic mass is 9.95. The van der Waals surface area contributed by atoms with E-state index in [4.69, 9.17) is 10.5 Å². The molecule has 10 nitrogen and oxygen atoms in total. The quantitative estimate of drug-likeness (QED) is 0.297. The SMILES string of the molecule is CS(=O)(=O)N1CC(COc2nc(N3CC4CCC(C3)N4)c3cc(C(F)(F)F)c(-c4ccc(F)c5sc(N)nc45)c(F)c3n2)C1. The van der Waals surface area contributed by atoms with Gasteiger partial charge in [0.15, 0.2) is 10.9 Å². The third kappa shape index (κ3) is 5.08. The zero-order valence-corrected chi connectivity index (χ0v) is 24.8. The number of nitrogens with one attached hydrogen (secondary N) is 1. The number of benzene rings is 2. The zero-order valence-electron chi connectivity index (χ0n) is 23.2. The first-order chi connectivity index (χ1) is 20.8. The molecular formula is C27H26F5N7O3S2. The van der Waals surface area contributed by atoms with Crippen molar-refractivity contribution in [2.75, 3.05) is 49.7 Å². The predicted octanol–water partition coefficient (Wildman–Crippen LogP) is 4.00. The zero-order chi connectivity index (χ0) is 31.1. The maximum absolute atomic E-state index is 16.6. The van der Waals surface area contributed by atoms with Crippen LogP contribution in [0.3, 0.4) is 0 Å². The highest BCUT2D eigenvalue weighted by Gasteiger charge is 2.40. The van der Waals surface area contributed by atoms with Gasteiger partial charge in [0, 0.05) is 60.7 Å². The predicted molar refractivity (Wildman–Crippen MR) is 155 cm³/mol. The summed E-state index contributed by atoms with van der Waals surface area (Å²) >= 11 is 0.747. The Morgan fingerprint density at radius 2 is 1.77 bits per heavy atom. The monoisotopic (exact) mass is 655 g/mol. The van der Waals surface area contributed by atoms with Gasteiger partial charge in [-0.1, -0.05) is 11.3 Å². The second-order valence-electron chi connectivity index (χ2n) is 11.5. The van der Waals surface area contributed by atoms with Crippen LogP contribution in [-0.2, 0) is 16.2 Å². The number of piperazine rings is 1. The van der Waals surface area contributed by atoms with Gasteiger partial charge in [-0.05, 0) is 31.0 Å². The van der Waals surface area contributed by atoms with Crippen molar-refractivity contribution >= 4 is 53.4 Å². The molecule has 3 N–H and O–H groups in total. The van der Waals surface area contributed by atoms with Crippen LogP contribution in [0.15, 0.2) is 18.2 Å². The maximum Gasteiger partial charge on any atom is 0.417 e. The number of thiazole rings is 1. The van der Waals surface area contributed by atoms with Crippen molar-refractivity contribution in [3.05, 3.63) is 35.4 Å². The van der Waals surface area contributed by atoms with Gasteiger partial charge in [0.05, 0.1) is 28.6 Å². The van der Waals surface area contributed by atoms with Crippen LogP contribution >= 0.6 is 11.3 Å². The molecule has 7 rings (SSSR count). The Hall–Kier alpha value is -3.41. The Morgan fingerprint density at radius 1 is 1.07 bits per heavy atom. The van der Waals surface area contributed by atoms with Crippen molar-refractivity contribution in [2.45, 2.75) is 31.1 Å². The molecule has 0 amide bonds. The minimum absolute atomic E-state index is 0.0234. The first kappa shape index (κ1) is 29.3. The number of nitrogen functional groups attached to an aromatic ring is 1. The number of sulfonamides is 1. The number of ether oxygens (including phenoxy) is 1. The fraction of sp³-hybridized carbons (Fsp3) is 0.444. The number of aromatic nitrogens is 3. The first-order valence-electron chi connectivity index (χ1n) is 13.8. The van der Waals surface area contributed by atoms with E-state index >= 15 is 4.39 Å². The topological polar surface area (TPSA) is 127 Å². The Kier molecular flexibility index (Phi) is 6.87. The Bertz CT molecular complexity index is 1900. The summed E-state index contributed by atoms with van der Waals surface area (Å²) in [5.74, 6) is -2.09. The lowest BCUT2D eigenvalue weighted by molar-refractivity contribution is -0.137. The summed E-state index contributed by atoms with van der Waals surface area (Å²) < 4.78 is 106. The Morgan fingerprint density at radius 3 is 2.43 bits per heavy atom. The minimum atomic E-state index is -5.00. The average Bonchev–Trinajstić information content (AvgIpc) is 3.48. The van der Waals surface area contributed by atoms with Crippen molar-refractivity contribution in [2.24, 2.45) is 5.92 Å². The second-order valence-corrected chi connectivity index (χ2v) is 14.5. The lowest BCUT2D eigenvalue weighted by Gasteiger charge is -2.36. The van der Waals surface area contributed by atoms with Gasteiger partial charge in [-0.25, -0.2) is 26.5 Å². The smallest absolute Gasteiger partial charge is 0.417 e. The van der Waals surface area contributed by atoms with Gasteiger partial charge < -0.3 is 20.7 Å². The van der Waals surface area contributed by atoms with E-state index in [0.717, 1.165) is 48.6 Å². The van der Waals surface area contributed by atoms with Crippen molar-refractivity contribution in [1.29, 1.82) is 0 Å². The van der Waals surface area contributed by atoms with Crippen LogP contribution in [0.4, 0.5) is 32.9 Å². The molecule has 0 radical (unpaired) electrons. The van der Waals surface area contributed by atoms with Crippen LogP contribution in [0.1, 0.15) is 18.4 Å². The first-order valence-corrected chi connectivity index (χ1v) is 16.5. The molecule has 2 atom stereocenters. The molecule has 3 aliphatic rings. The summed E-state index contributed by atoms with van der Waals surface area (Å²) in [6, 6.07) is 2.77. The molecule has 2 bridgehead atoms. The molecule has 3 fully saturated rings. The average molecular weight is 656 g/mol. The van der Waals surface area contributed by atoms with Gasteiger partial charge >= 0.3 is 12.2 Å². The molecule has 2 aromatic carbocycles. The van der Waals surface area contributed by atoms with Gasteiger partial charge in [-0.2, -0.15) is 23.1 Å². The summed E-state index contributed by atoms with van der Waals surface area (Å²) in [7, 11) is -3.35. The number of fused-ring (bicyclic) bond motifs is 4. The molecule has 17 heteroatoms. The summed E-state index contributed by atoms with van der Waals surface area (Å²) in [6.07, 6.45) is -2.13. The molecule has 44 heavy (non-hydrogen) atoms. The fourth-order valence-electron chi connectivity index (χ4n) is 6.24. The summed E-state index contributed by atoms with van der Waals surface area (Å²) in [6.45, 7) is 1.36.